The lowest BCUT2D eigenvalue weighted by Gasteiger charge is -2.19. The first-order chi connectivity index (χ1) is 5.09. The number of rotatable bonds is 2. The number of primary amides is 1. The molecule has 0 aliphatic carbocycles. The van der Waals surface area contributed by atoms with Gasteiger partial charge in [0.2, 0.25) is 5.91 Å². The first-order valence-electron chi connectivity index (χ1n) is 3.38. The predicted molar refractivity (Wildman–Crippen MR) is 36.8 cm³/mol. The number of carboxylic acid groups (broad SMARTS) is 1. The third kappa shape index (κ3) is 1.07. The van der Waals surface area contributed by atoms with Crippen molar-refractivity contribution in [3.05, 3.63) is 0 Å². The number of carbonyl (C=O) groups is 2. The Morgan fingerprint density at radius 3 is 2.36 bits per heavy atom. The van der Waals surface area contributed by atoms with Crippen LogP contribution in [0.2, 0.25) is 0 Å². The molecule has 0 saturated carbocycles. The van der Waals surface area contributed by atoms with Crippen LogP contribution in [0.3, 0.4) is 0 Å². The van der Waals surface area contributed by atoms with Crippen LogP contribution in [0.25, 0.3) is 0 Å². The van der Waals surface area contributed by atoms with Gasteiger partial charge in [-0.05, 0) is 19.4 Å². The summed E-state index contributed by atoms with van der Waals surface area (Å²) < 4.78 is 0. The molecule has 62 valence electrons. The Kier molecular flexibility index (Phi) is 1.82. The molecule has 11 heavy (non-hydrogen) atoms. The molecule has 0 unspecified atom stereocenters. The Hall–Kier alpha value is -1.10. The summed E-state index contributed by atoms with van der Waals surface area (Å²) in [5.41, 5.74) is 3.45. The van der Waals surface area contributed by atoms with Crippen LogP contribution in [0.4, 0.5) is 0 Å². The molecule has 0 spiro atoms. The highest BCUT2D eigenvalue weighted by Crippen LogP contribution is 2.18. The van der Waals surface area contributed by atoms with E-state index in [1.54, 1.807) is 0 Å². The standard InChI is InChI=1S/C6H10N2O3/c7-4(9)6(5(10)11)2-1-3-8-6/h8H,1-3H2,(H2,7,9)(H,10,11)/t6-/m1/s1. The molecule has 1 heterocycles. The lowest BCUT2D eigenvalue weighted by molar-refractivity contribution is -0.149. The van der Waals surface area contributed by atoms with Gasteiger partial charge in [-0.25, -0.2) is 4.79 Å². The number of nitrogens with two attached hydrogens (primary N) is 1. The molecule has 0 radical (unpaired) electrons. The highest BCUT2D eigenvalue weighted by atomic mass is 16.4. The van der Waals surface area contributed by atoms with Crippen molar-refractivity contribution in [2.45, 2.75) is 18.4 Å². The number of carbonyl (C=O) groups excluding carboxylic acids is 1. The molecular weight excluding hydrogens is 148 g/mol. The van der Waals surface area contributed by atoms with Crippen LogP contribution in [-0.2, 0) is 9.59 Å². The van der Waals surface area contributed by atoms with Crippen molar-refractivity contribution in [3.8, 4) is 0 Å². The topological polar surface area (TPSA) is 92.4 Å². The van der Waals surface area contributed by atoms with E-state index in [4.69, 9.17) is 10.8 Å². The van der Waals surface area contributed by atoms with E-state index in [-0.39, 0.29) is 6.42 Å². The minimum Gasteiger partial charge on any atom is -0.479 e. The number of hydrogen-bond donors (Lipinski definition) is 3. The predicted octanol–water partition coefficient (Wildman–Crippen LogP) is -1.32. The van der Waals surface area contributed by atoms with Crippen molar-refractivity contribution in [3.63, 3.8) is 0 Å². The van der Waals surface area contributed by atoms with Crippen LogP contribution in [0, 0.1) is 0 Å². The van der Waals surface area contributed by atoms with Gasteiger partial charge in [0.15, 0.2) is 5.54 Å². The summed E-state index contributed by atoms with van der Waals surface area (Å²) in [6.07, 6.45) is 0.965. The molecule has 0 aromatic rings. The monoisotopic (exact) mass is 158 g/mol. The van der Waals surface area contributed by atoms with Gasteiger partial charge in [-0.1, -0.05) is 0 Å². The lowest BCUT2D eigenvalue weighted by Crippen LogP contribution is -2.57. The van der Waals surface area contributed by atoms with E-state index in [0.29, 0.717) is 13.0 Å². The first kappa shape index (κ1) is 8.00. The summed E-state index contributed by atoms with van der Waals surface area (Å²) >= 11 is 0. The second kappa shape index (κ2) is 2.50. The maximum absolute atomic E-state index is 10.7. The molecular formula is C6H10N2O3. The third-order valence-corrected chi connectivity index (χ3v) is 1.94. The summed E-state index contributed by atoms with van der Waals surface area (Å²) in [7, 11) is 0. The van der Waals surface area contributed by atoms with Gasteiger partial charge in [-0.15, -0.1) is 0 Å². The summed E-state index contributed by atoms with van der Waals surface area (Å²) in [6.45, 7) is 0.537. The number of aliphatic carboxylic acids is 1. The van der Waals surface area contributed by atoms with Gasteiger partial charge in [0.05, 0.1) is 0 Å². The molecule has 5 heteroatoms. The zero-order valence-electron chi connectivity index (χ0n) is 5.96. The van der Waals surface area contributed by atoms with Crippen LogP contribution in [0.5, 0.6) is 0 Å². The van der Waals surface area contributed by atoms with Crippen molar-refractivity contribution in [1.82, 2.24) is 5.32 Å². The summed E-state index contributed by atoms with van der Waals surface area (Å²) in [6, 6.07) is 0. The SMILES string of the molecule is NC(=O)[C@@]1(C(=O)O)CCCN1. The van der Waals surface area contributed by atoms with Crippen LogP contribution in [0.1, 0.15) is 12.8 Å². The van der Waals surface area contributed by atoms with Crippen LogP contribution in [-0.4, -0.2) is 29.1 Å². The minimum absolute atomic E-state index is 0.289. The Morgan fingerprint density at radius 2 is 2.18 bits per heavy atom. The molecule has 1 atom stereocenters. The number of nitrogens with one attached hydrogen (secondary N) is 1. The number of hydrogen-bond acceptors (Lipinski definition) is 3. The van der Waals surface area contributed by atoms with Crippen LogP contribution < -0.4 is 11.1 Å². The first-order valence-corrected chi connectivity index (χ1v) is 3.38. The Labute approximate surface area is 63.6 Å². The van der Waals surface area contributed by atoms with Gasteiger partial charge in [0.1, 0.15) is 0 Å². The van der Waals surface area contributed by atoms with Crippen LogP contribution in [0.15, 0.2) is 0 Å². The molecule has 0 aromatic heterocycles. The van der Waals surface area contributed by atoms with Gasteiger partial charge in [0, 0.05) is 0 Å². The van der Waals surface area contributed by atoms with Gasteiger partial charge in [-0.2, -0.15) is 0 Å². The highest BCUT2D eigenvalue weighted by Gasteiger charge is 2.46. The molecule has 1 rings (SSSR count). The highest BCUT2D eigenvalue weighted by molar-refractivity contribution is 6.06. The minimum atomic E-state index is -1.50. The normalized spacial score (nSPS) is 30.2. The Balaban J connectivity index is 2.87. The van der Waals surface area contributed by atoms with E-state index < -0.39 is 17.4 Å². The fraction of sp³-hybridized carbons (Fsp3) is 0.667. The van der Waals surface area contributed by atoms with Crippen LogP contribution >= 0.6 is 0 Å². The summed E-state index contributed by atoms with van der Waals surface area (Å²) in [4.78, 5) is 21.3. The van der Waals surface area contributed by atoms with Crippen molar-refractivity contribution in [1.29, 1.82) is 0 Å². The van der Waals surface area contributed by atoms with E-state index >= 15 is 0 Å². The lowest BCUT2D eigenvalue weighted by atomic mass is 9.97. The molecule has 1 saturated heterocycles. The summed E-state index contributed by atoms with van der Waals surface area (Å²) in [5, 5.41) is 11.3. The molecule has 0 aromatic carbocycles. The molecule has 5 nitrogen and oxygen atoms in total. The average molecular weight is 158 g/mol. The molecule has 4 N–H and O–H groups in total. The Morgan fingerprint density at radius 1 is 1.55 bits per heavy atom. The van der Waals surface area contributed by atoms with E-state index in [2.05, 4.69) is 5.32 Å². The largest absolute Gasteiger partial charge is 0.479 e. The molecule has 1 amide bonds. The quantitative estimate of drug-likeness (QED) is 0.434. The fourth-order valence-electron chi connectivity index (χ4n) is 1.24. The van der Waals surface area contributed by atoms with Gasteiger partial charge >= 0.3 is 5.97 Å². The zero-order valence-corrected chi connectivity index (χ0v) is 5.96. The number of carboxylic acids is 1. The smallest absolute Gasteiger partial charge is 0.333 e. The fourth-order valence-corrected chi connectivity index (χ4v) is 1.24. The van der Waals surface area contributed by atoms with Gasteiger partial charge in [-0.3, -0.25) is 10.1 Å². The van der Waals surface area contributed by atoms with E-state index in [0.717, 1.165) is 0 Å². The molecule has 1 fully saturated rings. The van der Waals surface area contributed by atoms with E-state index in [1.807, 2.05) is 0 Å². The van der Waals surface area contributed by atoms with Crippen molar-refractivity contribution < 1.29 is 14.7 Å². The average Bonchev–Trinajstić information content (AvgIpc) is 2.34. The molecule has 1 aliphatic heterocycles. The van der Waals surface area contributed by atoms with E-state index in [1.165, 1.54) is 0 Å². The zero-order chi connectivity index (χ0) is 8.48. The van der Waals surface area contributed by atoms with Crippen molar-refractivity contribution >= 4 is 11.9 Å². The van der Waals surface area contributed by atoms with Crippen molar-refractivity contribution in [2.75, 3.05) is 6.54 Å². The summed E-state index contributed by atoms with van der Waals surface area (Å²) in [5.74, 6) is -1.98. The maximum Gasteiger partial charge on any atom is 0.333 e. The molecule has 0 bridgehead atoms. The second-order valence-electron chi connectivity index (χ2n) is 2.61. The second-order valence-corrected chi connectivity index (χ2v) is 2.61. The Bertz CT molecular complexity index is 180. The number of amides is 1. The van der Waals surface area contributed by atoms with Gasteiger partial charge < -0.3 is 10.8 Å². The van der Waals surface area contributed by atoms with E-state index in [9.17, 15) is 9.59 Å². The van der Waals surface area contributed by atoms with Gasteiger partial charge in [0.25, 0.3) is 0 Å². The molecule has 1 aliphatic rings. The third-order valence-electron chi connectivity index (χ3n) is 1.94. The maximum atomic E-state index is 10.7. The van der Waals surface area contributed by atoms with Crippen molar-refractivity contribution in [2.24, 2.45) is 5.73 Å².